The number of nitrogens with two attached hydrogens (primary N) is 2. The number of carbonyl (C=O) groups is 1. The molecule has 1 aromatic heterocycles. The molecule has 0 aliphatic carbocycles. The number of pyridine rings is 1. The van der Waals surface area contributed by atoms with Crippen molar-refractivity contribution in [3.63, 3.8) is 0 Å². The molecule has 12 heavy (non-hydrogen) atoms. The molecule has 0 fully saturated rings. The van der Waals surface area contributed by atoms with Gasteiger partial charge in [-0.25, -0.2) is 9.78 Å². The van der Waals surface area contributed by atoms with Crippen molar-refractivity contribution in [3.8, 4) is 0 Å². The molecule has 0 saturated carbocycles. The molecule has 0 aromatic carbocycles. The lowest BCUT2D eigenvalue weighted by Crippen LogP contribution is -2.21. The Balaban J connectivity index is 2.89. The van der Waals surface area contributed by atoms with Crippen LogP contribution in [0.1, 0.15) is 5.56 Å². The number of hydrogen-bond acceptors (Lipinski definition) is 3. The highest BCUT2D eigenvalue weighted by Crippen LogP contribution is 2.09. The van der Waals surface area contributed by atoms with E-state index >= 15 is 0 Å². The summed E-state index contributed by atoms with van der Waals surface area (Å²) >= 11 is 0. The minimum absolute atomic E-state index is 0.323. The molecule has 0 spiro atoms. The van der Waals surface area contributed by atoms with E-state index in [0.717, 1.165) is 5.56 Å². The molecule has 5 heteroatoms. The molecule has 5 nitrogen and oxygen atoms in total. The van der Waals surface area contributed by atoms with Gasteiger partial charge in [0.25, 0.3) is 0 Å². The van der Waals surface area contributed by atoms with Crippen LogP contribution in [0.2, 0.25) is 0 Å². The fraction of sp³-hybridized carbons (Fsp3) is 0.143. The van der Waals surface area contributed by atoms with E-state index in [9.17, 15) is 4.79 Å². The highest BCUT2D eigenvalue weighted by Gasteiger charge is 2.01. The fourth-order valence-corrected chi connectivity index (χ4v) is 0.833. The normalized spacial score (nSPS) is 9.42. The number of urea groups is 1. The van der Waals surface area contributed by atoms with Gasteiger partial charge in [-0.1, -0.05) is 6.07 Å². The molecule has 1 heterocycles. The monoisotopic (exact) mass is 166 g/mol. The number of nitrogens with one attached hydrogen (secondary N) is 1. The number of primary amides is 1. The number of rotatable bonds is 2. The minimum Gasteiger partial charge on any atom is -0.351 e. The molecule has 0 saturated heterocycles. The van der Waals surface area contributed by atoms with Crippen LogP contribution in [0.15, 0.2) is 18.3 Å². The van der Waals surface area contributed by atoms with Gasteiger partial charge in [0, 0.05) is 18.3 Å². The summed E-state index contributed by atoms with van der Waals surface area (Å²) in [7, 11) is 0. The van der Waals surface area contributed by atoms with Crippen molar-refractivity contribution in [1.82, 2.24) is 4.98 Å². The number of amides is 2. The number of nitrogens with zero attached hydrogens (tertiary/aromatic N) is 1. The van der Waals surface area contributed by atoms with Gasteiger partial charge in [0.1, 0.15) is 5.82 Å². The molecule has 64 valence electrons. The Morgan fingerprint density at radius 2 is 2.42 bits per heavy atom. The highest BCUT2D eigenvalue weighted by molar-refractivity contribution is 5.87. The standard InChI is InChI=1S/C7H10N4O/c8-4-5-2-1-3-10-6(5)11-7(9)12/h1-3H,4,8H2,(H3,9,10,11,12). The summed E-state index contributed by atoms with van der Waals surface area (Å²) in [5.41, 5.74) is 11.1. The Morgan fingerprint density at radius 1 is 1.67 bits per heavy atom. The molecule has 0 unspecified atom stereocenters. The van der Waals surface area contributed by atoms with Gasteiger partial charge >= 0.3 is 6.03 Å². The smallest absolute Gasteiger partial charge is 0.317 e. The first-order valence-electron chi connectivity index (χ1n) is 3.44. The molecule has 0 aliphatic rings. The van der Waals surface area contributed by atoms with Crippen molar-refractivity contribution in [3.05, 3.63) is 23.9 Å². The van der Waals surface area contributed by atoms with Crippen LogP contribution in [-0.2, 0) is 6.54 Å². The van der Waals surface area contributed by atoms with Gasteiger partial charge in [-0.15, -0.1) is 0 Å². The lowest BCUT2D eigenvalue weighted by Gasteiger charge is -2.04. The quantitative estimate of drug-likeness (QED) is 0.578. The summed E-state index contributed by atoms with van der Waals surface area (Å²) in [6.07, 6.45) is 1.56. The van der Waals surface area contributed by atoms with Gasteiger partial charge in [0.05, 0.1) is 0 Å². The molecule has 1 rings (SSSR count). The fourth-order valence-electron chi connectivity index (χ4n) is 0.833. The maximum atomic E-state index is 10.5. The zero-order chi connectivity index (χ0) is 8.97. The summed E-state index contributed by atoms with van der Waals surface area (Å²) in [4.78, 5) is 14.4. The van der Waals surface area contributed by atoms with Gasteiger partial charge in [-0.3, -0.25) is 5.32 Å². The summed E-state index contributed by atoms with van der Waals surface area (Å²) in [5, 5.41) is 2.37. The van der Waals surface area contributed by atoms with E-state index in [2.05, 4.69) is 10.3 Å². The second-order valence-electron chi connectivity index (χ2n) is 2.20. The lowest BCUT2D eigenvalue weighted by molar-refractivity contribution is 0.259. The average Bonchev–Trinajstić information content (AvgIpc) is 2.04. The molecule has 5 N–H and O–H groups in total. The Kier molecular flexibility index (Phi) is 2.60. The molecule has 1 aromatic rings. The molecular formula is C7H10N4O. The third-order valence-electron chi connectivity index (χ3n) is 1.35. The minimum atomic E-state index is -0.636. The van der Waals surface area contributed by atoms with Crippen LogP contribution in [0.3, 0.4) is 0 Å². The summed E-state index contributed by atoms with van der Waals surface area (Å²) < 4.78 is 0. The van der Waals surface area contributed by atoms with Crippen LogP contribution < -0.4 is 16.8 Å². The van der Waals surface area contributed by atoms with Crippen LogP contribution in [0.25, 0.3) is 0 Å². The first kappa shape index (κ1) is 8.48. The Hall–Kier alpha value is -1.62. The highest BCUT2D eigenvalue weighted by atomic mass is 16.2. The Morgan fingerprint density at radius 3 is 3.00 bits per heavy atom. The zero-order valence-corrected chi connectivity index (χ0v) is 6.45. The SMILES string of the molecule is NCc1cccnc1NC(N)=O. The van der Waals surface area contributed by atoms with E-state index in [4.69, 9.17) is 11.5 Å². The Bertz CT molecular complexity index is 286. The zero-order valence-electron chi connectivity index (χ0n) is 6.45. The predicted octanol–water partition coefficient (Wildman–Crippen LogP) is 0.0309. The number of carbonyl (C=O) groups excluding carboxylic acids is 1. The van der Waals surface area contributed by atoms with E-state index in [1.807, 2.05) is 0 Å². The predicted molar refractivity (Wildman–Crippen MR) is 45.3 cm³/mol. The van der Waals surface area contributed by atoms with Gasteiger partial charge in [-0.05, 0) is 6.07 Å². The molecule has 0 radical (unpaired) electrons. The van der Waals surface area contributed by atoms with Crippen molar-refractivity contribution in [2.45, 2.75) is 6.54 Å². The third kappa shape index (κ3) is 1.93. The van der Waals surface area contributed by atoms with E-state index in [-0.39, 0.29) is 0 Å². The van der Waals surface area contributed by atoms with Gasteiger partial charge < -0.3 is 11.5 Å². The number of anilines is 1. The maximum absolute atomic E-state index is 10.5. The van der Waals surface area contributed by atoms with Crippen LogP contribution in [0.5, 0.6) is 0 Å². The number of hydrogen-bond donors (Lipinski definition) is 3. The molecular weight excluding hydrogens is 156 g/mol. The van der Waals surface area contributed by atoms with E-state index < -0.39 is 6.03 Å². The van der Waals surface area contributed by atoms with Crippen LogP contribution in [-0.4, -0.2) is 11.0 Å². The molecule has 2 amide bonds. The summed E-state index contributed by atoms with van der Waals surface area (Å²) in [6, 6.07) is 2.88. The average molecular weight is 166 g/mol. The Labute approximate surface area is 69.8 Å². The maximum Gasteiger partial charge on any atom is 0.317 e. The van der Waals surface area contributed by atoms with E-state index in [0.29, 0.717) is 12.4 Å². The second-order valence-corrected chi connectivity index (χ2v) is 2.20. The first-order valence-corrected chi connectivity index (χ1v) is 3.44. The third-order valence-corrected chi connectivity index (χ3v) is 1.35. The van der Waals surface area contributed by atoms with Crippen LogP contribution in [0.4, 0.5) is 10.6 Å². The topological polar surface area (TPSA) is 94.0 Å². The van der Waals surface area contributed by atoms with Crippen molar-refractivity contribution >= 4 is 11.8 Å². The van der Waals surface area contributed by atoms with Crippen molar-refractivity contribution in [2.75, 3.05) is 5.32 Å². The summed E-state index contributed by atoms with van der Waals surface area (Å²) in [6.45, 7) is 0.323. The molecule has 0 atom stereocenters. The number of aromatic nitrogens is 1. The van der Waals surface area contributed by atoms with Crippen molar-refractivity contribution in [2.24, 2.45) is 11.5 Å². The first-order chi connectivity index (χ1) is 5.74. The van der Waals surface area contributed by atoms with Crippen LogP contribution in [0, 0.1) is 0 Å². The molecule has 0 bridgehead atoms. The van der Waals surface area contributed by atoms with Gasteiger partial charge in [0.2, 0.25) is 0 Å². The van der Waals surface area contributed by atoms with Gasteiger partial charge in [0.15, 0.2) is 0 Å². The van der Waals surface area contributed by atoms with Crippen molar-refractivity contribution in [1.29, 1.82) is 0 Å². The van der Waals surface area contributed by atoms with E-state index in [1.54, 1.807) is 18.3 Å². The molecule has 0 aliphatic heterocycles. The van der Waals surface area contributed by atoms with Crippen molar-refractivity contribution < 1.29 is 4.79 Å². The largest absolute Gasteiger partial charge is 0.351 e. The van der Waals surface area contributed by atoms with Crippen LogP contribution >= 0.6 is 0 Å². The van der Waals surface area contributed by atoms with E-state index in [1.165, 1.54) is 0 Å². The summed E-state index contributed by atoms with van der Waals surface area (Å²) in [5.74, 6) is 0.424. The van der Waals surface area contributed by atoms with Gasteiger partial charge in [-0.2, -0.15) is 0 Å². The second kappa shape index (κ2) is 3.68. The lowest BCUT2D eigenvalue weighted by atomic mass is 10.2.